The molecule has 0 heterocycles. The van der Waals surface area contributed by atoms with Crippen LogP contribution in [0.25, 0.3) is 0 Å². The molecule has 0 radical (unpaired) electrons. The maximum Gasteiger partial charge on any atom is 0.0465 e. The third-order valence-corrected chi connectivity index (χ3v) is 4.44. The topological polar surface area (TPSA) is 21.3 Å². The zero-order valence-electron chi connectivity index (χ0n) is 11.9. The number of hydrogen-bond donors (Lipinski definition) is 1. The van der Waals surface area contributed by atoms with Gasteiger partial charge in [0, 0.05) is 28.7 Å². The summed E-state index contributed by atoms with van der Waals surface area (Å²) in [7, 11) is 1.76. The summed E-state index contributed by atoms with van der Waals surface area (Å²) in [5.41, 5.74) is 1.32. The summed E-state index contributed by atoms with van der Waals surface area (Å²) in [6, 6.07) is 6.76. The molecule has 1 N–H and O–H groups in total. The van der Waals surface area contributed by atoms with E-state index in [1.165, 1.54) is 5.56 Å². The number of halogens is 2. The van der Waals surface area contributed by atoms with E-state index in [1.807, 2.05) is 0 Å². The van der Waals surface area contributed by atoms with Crippen molar-refractivity contribution in [1.82, 2.24) is 5.32 Å². The second-order valence-corrected chi connectivity index (χ2v) is 6.63. The van der Waals surface area contributed by atoms with Crippen molar-refractivity contribution in [3.63, 3.8) is 0 Å². The van der Waals surface area contributed by atoms with Crippen LogP contribution in [0.4, 0.5) is 0 Å². The van der Waals surface area contributed by atoms with Crippen molar-refractivity contribution in [1.29, 1.82) is 0 Å². The van der Waals surface area contributed by atoms with E-state index in [-0.39, 0.29) is 0 Å². The predicted molar refractivity (Wildman–Crippen MR) is 88.5 cm³/mol. The Bertz CT molecular complexity index is 384. The summed E-state index contributed by atoms with van der Waals surface area (Å²) >= 11 is 7.18. The molecule has 1 aromatic carbocycles. The van der Waals surface area contributed by atoms with Gasteiger partial charge in [0.2, 0.25) is 0 Å². The molecule has 1 rings (SSSR count). The second-order valence-electron chi connectivity index (χ2n) is 4.86. The highest BCUT2D eigenvalue weighted by Gasteiger charge is 2.20. The number of ether oxygens (including phenoxy) is 1. The Morgan fingerprint density at radius 1 is 1.32 bits per heavy atom. The Hall–Kier alpha value is 0.1000. The summed E-state index contributed by atoms with van der Waals surface area (Å²) in [6.45, 7) is 6.31. The highest BCUT2D eigenvalue weighted by Crippen LogP contribution is 2.32. The van der Waals surface area contributed by atoms with Gasteiger partial charge < -0.3 is 10.1 Å². The maximum absolute atomic E-state index is 5.21. The van der Waals surface area contributed by atoms with Crippen LogP contribution in [-0.4, -0.2) is 20.3 Å². The quantitative estimate of drug-likeness (QED) is 0.677. The van der Waals surface area contributed by atoms with Gasteiger partial charge in [0.15, 0.2) is 0 Å². The van der Waals surface area contributed by atoms with Crippen LogP contribution in [0.3, 0.4) is 0 Å². The average molecular weight is 393 g/mol. The Morgan fingerprint density at radius 2 is 2.05 bits per heavy atom. The molecule has 0 aliphatic carbocycles. The number of hydrogen-bond acceptors (Lipinski definition) is 2. The molecule has 108 valence electrons. The molecular weight excluding hydrogens is 370 g/mol. The lowest BCUT2D eigenvalue weighted by molar-refractivity contribution is 0.170. The summed E-state index contributed by atoms with van der Waals surface area (Å²) in [4.78, 5) is 0. The van der Waals surface area contributed by atoms with Gasteiger partial charge in [0.05, 0.1) is 0 Å². The van der Waals surface area contributed by atoms with Crippen molar-refractivity contribution in [3.05, 3.63) is 32.7 Å². The molecule has 0 aromatic heterocycles. The van der Waals surface area contributed by atoms with Crippen molar-refractivity contribution in [2.75, 3.05) is 20.3 Å². The Balaban J connectivity index is 2.88. The zero-order valence-corrected chi connectivity index (χ0v) is 15.1. The molecule has 2 unspecified atom stereocenters. The van der Waals surface area contributed by atoms with E-state index in [4.69, 9.17) is 4.74 Å². The monoisotopic (exact) mass is 391 g/mol. The fraction of sp³-hybridized carbons (Fsp3) is 0.600. The van der Waals surface area contributed by atoms with Crippen LogP contribution >= 0.6 is 31.9 Å². The van der Waals surface area contributed by atoms with Gasteiger partial charge in [-0.15, -0.1) is 0 Å². The standard InChI is InChI=1S/C15H23Br2NO/c1-4-8-18-15(11(2)7-9-19-3)13-6-5-12(16)10-14(13)17/h5-6,10-11,15,18H,4,7-9H2,1-3H3. The maximum atomic E-state index is 5.21. The van der Waals surface area contributed by atoms with E-state index in [9.17, 15) is 0 Å². The molecular formula is C15H23Br2NO. The SMILES string of the molecule is CCCNC(c1ccc(Br)cc1Br)C(C)CCOC. The van der Waals surface area contributed by atoms with Crippen molar-refractivity contribution in [3.8, 4) is 0 Å². The van der Waals surface area contributed by atoms with Gasteiger partial charge >= 0.3 is 0 Å². The lowest BCUT2D eigenvalue weighted by atomic mass is 9.92. The van der Waals surface area contributed by atoms with Gasteiger partial charge in [-0.05, 0) is 43.0 Å². The van der Waals surface area contributed by atoms with Crippen LogP contribution in [-0.2, 0) is 4.74 Å². The van der Waals surface area contributed by atoms with E-state index < -0.39 is 0 Å². The van der Waals surface area contributed by atoms with Gasteiger partial charge in [-0.2, -0.15) is 0 Å². The lowest BCUT2D eigenvalue weighted by Gasteiger charge is -2.26. The number of benzene rings is 1. The fourth-order valence-corrected chi connectivity index (χ4v) is 3.44. The zero-order chi connectivity index (χ0) is 14.3. The van der Waals surface area contributed by atoms with Crippen LogP contribution < -0.4 is 5.32 Å². The third-order valence-electron chi connectivity index (χ3n) is 3.26. The van der Waals surface area contributed by atoms with Gasteiger partial charge in [-0.1, -0.05) is 51.8 Å². The third kappa shape index (κ3) is 5.54. The first-order chi connectivity index (χ1) is 9.10. The molecule has 2 nitrogen and oxygen atoms in total. The van der Waals surface area contributed by atoms with Gasteiger partial charge in [-0.3, -0.25) is 0 Å². The predicted octanol–water partition coefficient (Wildman–Crippen LogP) is 4.92. The molecule has 19 heavy (non-hydrogen) atoms. The molecule has 0 bridgehead atoms. The van der Waals surface area contributed by atoms with E-state index >= 15 is 0 Å². The normalized spacial score (nSPS) is 14.4. The van der Waals surface area contributed by atoms with E-state index in [2.05, 4.69) is 69.2 Å². The summed E-state index contributed by atoms with van der Waals surface area (Å²) in [6.07, 6.45) is 2.20. The van der Waals surface area contributed by atoms with Crippen molar-refractivity contribution in [2.24, 2.45) is 5.92 Å². The minimum atomic E-state index is 0.359. The smallest absolute Gasteiger partial charge is 0.0465 e. The van der Waals surface area contributed by atoms with E-state index in [0.717, 1.165) is 34.9 Å². The highest BCUT2D eigenvalue weighted by atomic mass is 79.9. The molecule has 2 atom stereocenters. The Labute approximate surface area is 133 Å². The first kappa shape index (κ1) is 17.2. The van der Waals surface area contributed by atoms with Crippen LogP contribution in [0.15, 0.2) is 27.1 Å². The van der Waals surface area contributed by atoms with Crippen LogP contribution in [0.1, 0.15) is 38.3 Å². The minimum absolute atomic E-state index is 0.359. The van der Waals surface area contributed by atoms with E-state index in [0.29, 0.717) is 12.0 Å². The molecule has 1 aromatic rings. The first-order valence-corrected chi connectivity index (χ1v) is 8.36. The second kappa shape index (κ2) is 9.11. The van der Waals surface area contributed by atoms with Gasteiger partial charge in [-0.25, -0.2) is 0 Å². The Kier molecular flexibility index (Phi) is 8.23. The van der Waals surface area contributed by atoms with Crippen molar-refractivity contribution >= 4 is 31.9 Å². The number of rotatable bonds is 8. The molecule has 0 saturated heterocycles. The van der Waals surface area contributed by atoms with E-state index in [1.54, 1.807) is 7.11 Å². The number of methoxy groups -OCH3 is 1. The van der Waals surface area contributed by atoms with Crippen molar-refractivity contribution in [2.45, 2.75) is 32.7 Å². The van der Waals surface area contributed by atoms with Crippen molar-refractivity contribution < 1.29 is 4.74 Å². The molecule has 0 aliphatic heterocycles. The van der Waals surface area contributed by atoms with Gasteiger partial charge in [0.1, 0.15) is 0 Å². The average Bonchev–Trinajstić information content (AvgIpc) is 2.38. The minimum Gasteiger partial charge on any atom is -0.385 e. The number of nitrogens with one attached hydrogen (secondary N) is 1. The summed E-state index contributed by atoms with van der Waals surface area (Å²) in [5.74, 6) is 0.531. The lowest BCUT2D eigenvalue weighted by Crippen LogP contribution is -2.28. The summed E-state index contributed by atoms with van der Waals surface area (Å²) < 4.78 is 7.46. The largest absolute Gasteiger partial charge is 0.385 e. The molecule has 0 amide bonds. The summed E-state index contributed by atoms with van der Waals surface area (Å²) in [5, 5.41) is 3.65. The van der Waals surface area contributed by atoms with Crippen LogP contribution in [0, 0.1) is 5.92 Å². The van der Waals surface area contributed by atoms with Crippen LogP contribution in [0.5, 0.6) is 0 Å². The molecule has 0 spiro atoms. The molecule has 4 heteroatoms. The molecule has 0 fully saturated rings. The fourth-order valence-electron chi connectivity index (χ4n) is 2.14. The molecule has 0 saturated carbocycles. The Morgan fingerprint density at radius 3 is 2.63 bits per heavy atom. The molecule has 0 aliphatic rings. The first-order valence-electron chi connectivity index (χ1n) is 6.77. The van der Waals surface area contributed by atoms with Gasteiger partial charge in [0.25, 0.3) is 0 Å². The van der Waals surface area contributed by atoms with Crippen LogP contribution in [0.2, 0.25) is 0 Å². The highest BCUT2D eigenvalue weighted by molar-refractivity contribution is 9.11.